The van der Waals surface area contributed by atoms with Gasteiger partial charge in [0.1, 0.15) is 0 Å². The predicted molar refractivity (Wildman–Crippen MR) is 63.3 cm³/mol. The first-order valence-corrected chi connectivity index (χ1v) is 7.48. The summed E-state index contributed by atoms with van der Waals surface area (Å²) in [6, 6.07) is 0.233. The van der Waals surface area contributed by atoms with Gasteiger partial charge in [-0.05, 0) is 25.8 Å². The van der Waals surface area contributed by atoms with Crippen LogP contribution in [0.5, 0.6) is 0 Å². The van der Waals surface area contributed by atoms with Crippen molar-refractivity contribution in [2.24, 2.45) is 5.92 Å². The molecular weight excluding hydrogens is 226 g/mol. The fraction of sp³-hybridized carbons (Fsp3) is 1.00. The van der Waals surface area contributed by atoms with E-state index >= 15 is 0 Å². The van der Waals surface area contributed by atoms with Gasteiger partial charge in [0.2, 0.25) is 0 Å². The van der Waals surface area contributed by atoms with Crippen LogP contribution in [0.2, 0.25) is 0 Å². The first-order valence-electron chi connectivity index (χ1n) is 6.04. The average molecular weight is 247 g/mol. The Labute approximate surface area is 97.8 Å². The highest BCUT2D eigenvalue weighted by molar-refractivity contribution is 7.87. The zero-order valence-corrected chi connectivity index (χ0v) is 10.6. The second-order valence-electron chi connectivity index (χ2n) is 4.79. The van der Waals surface area contributed by atoms with Crippen LogP contribution in [0.25, 0.3) is 0 Å². The number of hydrogen-bond donors (Lipinski definition) is 2. The predicted octanol–water partition coefficient (Wildman–Crippen LogP) is -0.0854. The third-order valence-electron chi connectivity index (χ3n) is 3.53. The van der Waals surface area contributed by atoms with E-state index in [0.29, 0.717) is 19.0 Å². The van der Waals surface area contributed by atoms with E-state index in [-0.39, 0.29) is 6.04 Å². The van der Waals surface area contributed by atoms with Crippen molar-refractivity contribution in [2.45, 2.75) is 31.7 Å². The van der Waals surface area contributed by atoms with Gasteiger partial charge in [0.15, 0.2) is 0 Å². The zero-order chi connectivity index (χ0) is 11.6. The van der Waals surface area contributed by atoms with Crippen LogP contribution in [-0.4, -0.2) is 45.4 Å². The fourth-order valence-electron chi connectivity index (χ4n) is 2.69. The molecule has 0 aromatic carbocycles. The SMILES string of the molecule is CNCC1CNS(=O)(=O)N(C2CCCC2)C1. The Morgan fingerprint density at radius 1 is 1.38 bits per heavy atom. The topological polar surface area (TPSA) is 61.4 Å². The van der Waals surface area contributed by atoms with Crippen molar-refractivity contribution in [3.05, 3.63) is 0 Å². The summed E-state index contributed by atoms with van der Waals surface area (Å²) in [7, 11) is -1.30. The summed E-state index contributed by atoms with van der Waals surface area (Å²) < 4.78 is 28.2. The highest BCUT2D eigenvalue weighted by Gasteiger charge is 2.36. The molecule has 0 aromatic rings. The van der Waals surface area contributed by atoms with Crippen molar-refractivity contribution >= 4 is 10.2 Å². The van der Waals surface area contributed by atoms with Gasteiger partial charge in [0.25, 0.3) is 10.2 Å². The van der Waals surface area contributed by atoms with E-state index in [1.54, 1.807) is 4.31 Å². The van der Waals surface area contributed by atoms with Crippen molar-refractivity contribution in [2.75, 3.05) is 26.7 Å². The molecule has 6 heteroatoms. The monoisotopic (exact) mass is 247 g/mol. The Hall–Kier alpha value is -0.170. The van der Waals surface area contributed by atoms with Gasteiger partial charge >= 0.3 is 0 Å². The Bertz CT molecular complexity index is 325. The maximum Gasteiger partial charge on any atom is 0.279 e. The van der Waals surface area contributed by atoms with Crippen molar-refractivity contribution in [1.29, 1.82) is 0 Å². The molecule has 1 unspecified atom stereocenters. The van der Waals surface area contributed by atoms with Gasteiger partial charge in [-0.1, -0.05) is 12.8 Å². The highest BCUT2D eigenvalue weighted by atomic mass is 32.2. The molecule has 1 saturated heterocycles. The molecule has 1 atom stereocenters. The summed E-state index contributed by atoms with van der Waals surface area (Å²) in [6.07, 6.45) is 4.36. The molecule has 1 heterocycles. The van der Waals surface area contributed by atoms with E-state index in [2.05, 4.69) is 10.0 Å². The summed E-state index contributed by atoms with van der Waals surface area (Å²) in [6.45, 7) is 2.10. The molecule has 16 heavy (non-hydrogen) atoms. The van der Waals surface area contributed by atoms with Crippen molar-refractivity contribution in [1.82, 2.24) is 14.3 Å². The Kier molecular flexibility index (Phi) is 3.84. The molecule has 0 bridgehead atoms. The first-order chi connectivity index (χ1) is 7.63. The summed E-state index contributed by atoms with van der Waals surface area (Å²) >= 11 is 0. The molecule has 1 saturated carbocycles. The van der Waals surface area contributed by atoms with E-state index in [4.69, 9.17) is 0 Å². The van der Waals surface area contributed by atoms with Crippen LogP contribution < -0.4 is 10.0 Å². The largest absolute Gasteiger partial charge is 0.319 e. The number of rotatable bonds is 3. The molecule has 2 fully saturated rings. The molecule has 0 aromatic heterocycles. The molecule has 1 aliphatic carbocycles. The number of hydrogen-bond acceptors (Lipinski definition) is 3. The Balaban J connectivity index is 2.05. The standard InChI is InChI=1S/C10H21N3O2S/c1-11-6-9-7-12-16(14,15)13(8-9)10-4-2-3-5-10/h9-12H,2-8H2,1H3. The van der Waals surface area contributed by atoms with Crippen LogP contribution in [0, 0.1) is 5.92 Å². The van der Waals surface area contributed by atoms with E-state index in [1.807, 2.05) is 7.05 Å². The zero-order valence-electron chi connectivity index (χ0n) is 9.78. The quantitative estimate of drug-likeness (QED) is 0.733. The van der Waals surface area contributed by atoms with Crippen molar-refractivity contribution < 1.29 is 8.42 Å². The second kappa shape index (κ2) is 5.00. The molecule has 2 N–H and O–H groups in total. The number of nitrogens with one attached hydrogen (secondary N) is 2. The lowest BCUT2D eigenvalue weighted by atomic mass is 10.1. The lowest BCUT2D eigenvalue weighted by molar-refractivity contribution is 0.249. The average Bonchev–Trinajstić information content (AvgIpc) is 2.74. The Morgan fingerprint density at radius 2 is 2.06 bits per heavy atom. The molecule has 0 spiro atoms. The third-order valence-corrected chi connectivity index (χ3v) is 5.12. The smallest absolute Gasteiger partial charge is 0.279 e. The lowest BCUT2D eigenvalue weighted by Crippen LogP contribution is -2.56. The number of nitrogens with zero attached hydrogens (tertiary/aromatic N) is 1. The minimum absolute atomic E-state index is 0.233. The van der Waals surface area contributed by atoms with Crippen molar-refractivity contribution in [3.63, 3.8) is 0 Å². The lowest BCUT2D eigenvalue weighted by Gasteiger charge is -2.36. The molecule has 1 aliphatic heterocycles. The van der Waals surface area contributed by atoms with E-state index in [0.717, 1.165) is 32.2 Å². The molecule has 2 aliphatic rings. The van der Waals surface area contributed by atoms with E-state index < -0.39 is 10.2 Å². The van der Waals surface area contributed by atoms with E-state index in [9.17, 15) is 8.42 Å². The van der Waals surface area contributed by atoms with Crippen LogP contribution in [0.4, 0.5) is 0 Å². The van der Waals surface area contributed by atoms with Crippen LogP contribution in [0.1, 0.15) is 25.7 Å². The van der Waals surface area contributed by atoms with Gasteiger partial charge in [0.05, 0.1) is 0 Å². The minimum Gasteiger partial charge on any atom is -0.319 e. The van der Waals surface area contributed by atoms with Gasteiger partial charge in [-0.2, -0.15) is 12.7 Å². The van der Waals surface area contributed by atoms with Crippen LogP contribution in [0.15, 0.2) is 0 Å². The molecule has 5 nitrogen and oxygen atoms in total. The second-order valence-corrected chi connectivity index (χ2v) is 6.49. The fourth-order valence-corrected chi connectivity index (χ4v) is 4.31. The Morgan fingerprint density at radius 3 is 2.69 bits per heavy atom. The summed E-state index contributed by atoms with van der Waals surface area (Å²) in [4.78, 5) is 0. The normalized spacial score (nSPS) is 31.9. The third kappa shape index (κ3) is 2.56. The summed E-state index contributed by atoms with van der Waals surface area (Å²) in [5.74, 6) is 0.383. The van der Waals surface area contributed by atoms with Crippen LogP contribution in [0.3, 0.4) is 0 Å². The molecule has 0 amide bonds. The molecule has 2 rings (SSSR count). The van der Waals surface area contributed by atoms with Gasteiger partial charge in [0, 0.05) is 25.7 Å². The van der Waals surface area contributed by atoms with E-state index in [1.165, 1.54) is 0 Å². The van der Waals surface area contributed by atoms with Gasteiger partial charge < -0.3 is 5.32 Å². The van der Waals surface area contributed by atoms with Gasteiger partial charge in [-0.3, -0.25) is 0 Å². The molecule has 0 radical (unpaired) electrons. The van der Waals surface area contributed by atoms with Crippen molar-refractivity contribution in [3.8, 4) is 0 Å². The first kappa shape index (κ1) is 12.3. The summed E-state index contributed by atoms with van der Waals surface area (Å²) in [5, 5.41) is 3.11. The highest BCUT2D eigenvalue weighted by Crippen LogP contribution is 2.27. The molecule has 94 valence electrons. The maximum atomic E-state index is 11.9. The maximum absolute atomic E-state index is 11.9. The van der Waals surface area contributed by atoms with Crippen LogP contribution >= 0.6 is 0 Å². The molecular formula is C10H21N3O2S. The van der Waals surface area contributed by atoms with Gasteiger partial charge in [-0.15, -0.1) is 0 Å². The van der Waals surface area contributed by atoms with Gasteiger partial charge in [-0.25, -0.2) is 4.72 Å². The van der Waals surface area contributed by atoms with Crippen LogP contribution in [-0.2, 0) is 10.2 Å². The summed E-state index contributed by atoms with van der Waals surface area (Å²) in [5.41, 5.74) is 0. The minimum atomic E-state index is -3.20.